The molecular formula is C31H35ClFN3O6. The van der Waals surface area contributed by atoms with Crippen LogP contribution in [0.4, 0.5) is 10.1 Å². The summed E-state index contributed by atoms with van der Waals surface area (Å²) in [5.41, 5.74) is 1.57. The van der Waals surface area contributed by atoms with E-state index in [1.54, 1.807) is 18.2 Å². The van der Waals surface area contributed by atoms with Crippen molar-refractivity contribution in [1.29, 1.82) is 0 Å². The molecule has 5 rings (SSSR count). The Morgan fingerprint density at radius 2 is 1.86 bits per heavy atom. The number of rotatable bonds is 9. The molecule has 2 amide bonds. The molecule has 11 heteroatoms. The van der Waals surface area contributed by atoms with Crippen molar-refractivity contribution in [3.8, 4) is 0 Å². The van der Waals surface area contributed by atoms with Gasteiger partial charge in [0, 0.05) is 37.8 Å². The molecule has 0 bridgehead atoms. The predicted molar refractivity (Wildman–Crippen MR) is 156 cm³/mol. The van der Waals surface area contributed by atoms with Gasteiger partial charge in [-0.3, -0.25) is 14.4 Å². The third-order valence-electron chi connectivity index (χ3n) is 8.45. The van der Waals surface area contributed by atoms with Crippen molar-refractivity contribution in [2.75, 3.05) is 25.6 Å². The summed E-state index contributed by atoms with van der Waals surface area (Å²) in [6.07, 6.45) is 4.37. The zero-order valence-electron chi connectivity index (χ0n) is 23.6. The number of nitrogens with zero attached hydrogens (tertiary/aromatic N) is 2. The number of likely N-dealkylation sites (tertiary alicyclic amines) is 1. The number of amides is 2. The number of carbonyl (C=O) groups excluding carboxylic acids is 2. The SMILES string of the molecule is CO[C@H]1C[C@@H](COC2CCC(C(=O)O)CC2)N(C(=O)Cc2cc(Cl)c(NC(=O)c3cn(C)c4ccccc34)cc2F)C1. The van der Waals surface area contributed by atoms with E-state index >= 15 is 4.39 Å². The molecule has 2 heterocycles. The fourth-order valence-electron chi connectivity index (χ4n) is 6.03. The van der Waals surface area contributed by atoms with E-state index < -0.39 is 17.7 Å². The number of aliphatic carboxylic acids is 1. The van der Waals surface area contributed by atoms with Crippen LogP contribution in [0.15, 0.2) is 42.6 Å². The van der Waals surface area contributed by atoms with Gasteiger partial charge in [-0.1, -0.05) is 29.8 Å². The summed E-state index contributed by atoms with van der Waals surface area (Å²) in [5, 5.41) is 12.8. The molecule has 1 aliphatic heterocycles. The number of carboxylic acids is 1. The monoisotopic (exact) mass is 599 g/mol. The van der Waals surface area contributed by atoms with Crippen LogP contribution in [0.25, 0.3) is 10.9 Å². The van der Waals surface area contributed by atoms with Gasteiger partial charge in [0.1, 0.15) is 5.82 Å². The van der Waals surface area contributed by atoms with Crippen LogP contribution in [-0.4, -0.2) is 70.9 Å². The molecule has 2 aliphatic rings. The Hall–Kier alpha value is -3.47. The van der Waals surface area contributed by atoms with Crippen LogP contribution in [0.5, 0.6) is 0 Å². The van der Waals surface area contributed by atoms with Gasteiger partial charge in [0.2, 0.25) is 5.91 Å². The smallest absolute Gasteiger partial charge is 0.306 e. The van der Waals surface area contributed by atoms with Gasteiger partial charge in [-0.25, -0.2) is 4.39 Å². The average Bonchev–Trinajstić information content (AvgIpc) is 3.56. The summed E-state index contributed by atoms with van der Waals surface area (Å²) in [7, 11) is 3.43. The first kappa shape index (κ1) is 30.0. The van der Waals surface area contributed by atoms with Gasteiger partial charge in [-0.15, -0.1) is 0 Å². The second-order valence-corrected chi connectivity index (χ2v) is 11.6. The topological polar surface area (TPSA) is 110 Å². The molecule has 0 spiro atoms. The lowest BCUT2D eigenvalue weighted by atomic mass is 9.87. The summed E-state index contributed by atoms with van der Waals surface area (Å²) < 4.78 is 28.7. The Labute approximate surface area is 248 Å². The lowest BCUT2D eigenvalue weighted by Gasteiger charge is -2.30. The Morgan fingerprint density at radius 1 is 1.12 bits per heavy atom. The highest BCUT2D eigenvalue weighted by atomic mass is 35.5. The van der Waals surface area contributed by atoms with Crippen molar-refractivity contribution in [3.05, 3.63) is 64.6 Å². The number of anilines is 1. The molecule has 2 aromatic carbocycles. The Morgan fingerprint density at radius 3 is 2.57 bits per heavy atom. The summed E-state index contributed by atoms with van der Waals surface area (Å²) in [5.74, 6) is -2.44. The van der Waals surface area contributed by atoms with Gasteiger partial charge in [-0.2, -0.15) is 0 Å². The van der Waals surface area contributed by atoms with E-state index in [0.717, 1.165) is 17.0 Å². The van der Waals surface area contributed by atoms with Crippen molar-refractivity contribution in [3.63, 3.8) is 0 Å². The molecule has 224 valence electrons. The third-order valence-corrected chi connectivity index (χ3v) is 8.76. The van der Waals surface area contributed by atoms with E-state index in [4.69, 9.17) is 21.1 Å². The van der Waals surface area contributed by atoms with E-state index in [0.29, 0.717) is 50.8 Å². The van der Waals surface area contributed by atoms with E-state index in [1.807, 2.05) is 35.9 Å². The Bertz CT molecular complexity index is 1480. The van der Waals surface area contributed by atoms with Gasteiger partial charge in [-0.05, 0) is 55.9 Å². The largest absolute Gasteiger partial charge is 0.481 e. The number of carbonyl (C=O) groups is 3. The van der Waals surface area contributed by atoms with Gasteiger partial charge in [0.15, 0.2) is 0 Å². The van der Waals surface area contributed by atoms with E-state index in [-0.39, 0.29) is 52.8 Å². The zero-order chi connectivity index (χ0) is 30.0. The fourth-order valence-corrected chi connectivity index (χ4v) is 6.26. The maximum atomic E-state index is 15.2. The number of nitrogens with one attached hydrogen (secondary N) is 1. The molecule has 3 aromatic rings. The van der Waals surface area contributed by atoms with Gasteiger partial charge < -0.3 is 29.4 Å². The van der Waals surface area contributed by atoms with Crippen molar-refractivity contribution < 1.29 is 33.4 Å². The van der Waals surface area contributed by atoms with E-state index in [1.165, 1.54) is 6.07 Å². The lowest BCUT2D eigenvalue weighted by Crippen LogP contribution is -2.40. The van der Waals surface area contributed by atoms with Gasteiger partial charge in [0.05, 0.1) is 53.5 Å². The van der Waals surface area contributed by atoms with Crippen LogP contribution in [0.3, 0.4) is 0 Å². The molecule has 1 aliphatic carbocycles. The highest BCUT2D eigenvalue weighted by Gasteiger charge is 2.37. The van der Waals surface area contributed by atoms with Crippen molar-refractivity contribution >= 4 is 46.0 Å². The van der Waals surface area contributed by atoms with E-state index in [2.05, 4.69) is 5.32 Å². The van der Waals surface area contributed by atoms with Crippen LogP contribution in [0.1, 0.15) is 48.0 Å². The number of halogens is 2. The number of carboxylic acid groups (broad SMARTS) is 1. The van der Waals surface area contributed by atoms with Crippen LogP contribution >= 0.6 is 11.6 Å². The molecule has 2 fully saturated rings. The van der Waals surface area contributed by atoms with Crippen molar-refractivity contribution in [2.24, 2.45) is 13.0 Å². The number of methoxy groups -OCH3 is 1. The standard InChI is InChI=1S/C31H35ClFN3O6/c1-35-16-24(23-5-3-4-6-28(23)35)30(38)34-27-14-26(33)19(11-25(27)32)12-29(37)36-15-22(41-2)13-20(36)17-42-21-9-7-18(8-10-21)31(39)40/h3-6,11,14,16,18,20-22H,7-10,12-13,15,17H2,1-2H3,(H,34,38)(H,39,40)/t18?,20-,21?,22-/m0/s1. The van der Waals surface area contributed by atoms with Crippen LogP contribution in [0.2, 0.25) is 5.02 Å². The number of ether oxygens (including phenoxy) is 2. The summed E-state index contributed by atoms with van der Waals surface area (Å²) in [4.78, 5) is 39.3. The lowest BCUT2D eigenvalue weighted by molar-refractivity contribution is -0.144. The highest BCUT2D eigenvalue weighted by Crippen LogP contribution is 2.31. The summed E-state index contributed by atoms with van der Waals surface area (Å²) in [6, 6.07) is 9.76. The number of para-hydroxylation sites is 1. The van der Waals surface area contributed by atoms with Crippen LogP contribution < -0.4 is 5.32 Å². The minimum atomic E-state index is -0.767. The first-order valence-electron chi connectivity index (χ1n) is 14.1. The highest BCUT2D eigenvalue weighted by molar-refractivity contribution is 6.34. The molecule has 1 saturated heterocycles. The second kappa shape index (κ2) is 12.8. The number of aryl methyl sites for hydroxylation is 1. The Kier molecular flexibility index (Phi) is 9.15. The normalized spacial score (nSPS) is 22.4. The maximum Gasteiger partial charge on any atom is 0.306 e. The molecule has 1 saturated carbocycles. The number of fused-ring (bicyclic) bond motifs is 1. The minimum Gasteiger partial charge on any atom is -0.481 e. The first-order valence-corrected chi connectivity index (χ1v) is 14.5. The van der Waals surface area contributed by atoms with Crippen LogP contribution in [-0.2, 0) is 32.5 Å². The quantitative estimate of drug-likeness (QED) is 0.357. The molecule has 2 atom stereocenters. The molecular weight excluding hydrogens is 565 g/mol. The number of hydrogen-bond acceptors (Lipinski definition) is 5. The molecule has 0 radical (unpaired) electrons. The summed E-state index contributed by atoms with van der Waals surface area (Å²) >= 11 is 6.45. The first-order chi connectivity index (χ1) is 20.1. The van der Waals surface area contributed by atoms with Gasteiger partial charge in [0.25, 0.3) is 5.91 Å². The molecule has 1 aromatic heterocycles. The molecule has 0 unspecified atom stereocenters. The van der Waals surface area contributed by atoms with Crippen molar-refractivity contribution in [1.82, 2.24) is 9.47 Å². The molecule has 9 nitrogen and oxygen atoms in total. The van der Waals surface area contributed by atoms with Gasteiger partial charge >= 0.3 is 5.97 Å². The zero-order valence-corrected chi connectivity index (χ0v) is 24.4. The average molecular weight is 600 g/mol. The van der Waals surface area contributed by atoms with E-state index in [9.17, 15) is 19.5 Å². The maximum absolute atomic E-state index is 15.2. The third kappa shape index (κ3) is 6.45. The second-order valence-electron chi connectivity index (χ2n) is 11.2. The number of benzene rings is 2. The Balaban J connectivity index is 1.23. The number of aromatic nitrogens is 1. The minimum absolute atomic E-state index is 0.0490. The number of hydrogen-bond donors (Lipinski definition) is 2. The summed E-state index contributed by atoms with van der Waals surface area (Å²) in [6.45, 7) is 0.667. The van der Waals surface area contributed by atoms with Crippen molar-refractivity contribution in [2.45, 2.75) is 56.8 Å². The molecule has 2 N–H and O–H groups in total. The molecule has 42 heavy (non-hydrogen) atoms. The predicted octanol–water partition coefficient (Wildman–Crippen LogP) is 5.04. The van der Waals surface area contributed by atoms with Crippen LogP contribution in [0, 0.1) is 11.7 Å². The fraction of sp³-hybridized carbons (Fsp3) is 0.452.